The molecule has 3 heterocycles. The van der Waals surface area contributed by atoms with Crippen LogP contribution in [0.2, 0.25) is 0 Å². The van der Waals surface area contributed by atoms with Crippen LogP contribution in [0.25, 0.3) is 10.9 Å². The number of rotatable bonds is 5. The van der Waals surface area contributed by atoms with Gasteiger partial charge in [-0.1, -0.05) is 18.2 Å². The Kier molecular flexibility index (Phi) is 5.04. The lowest BCUT2D eigenvalue weighted by Gasteiger charge is -2.35. The second-order valence-electron chi connectivity index (χ2n) is 8.07. The normalized spacial score (nSPS) is 16.6. The van der Waals surface area contributed by atoms with Crippen LogP contribution in [0.3, 0.4) is 0 Å². The fourth-order valence-electron chi connectivity index (χ4n) is 4.38. The second-order valence-corrected chi connectivity index (χ2v) is 8.07. The van der Waals surface area contributed by atoms with E-state index in [0.717, 1.165) is 68.3 Å². The lowest BCUT2D eigenvalue weighted by Crippen LogP contribution is -2.44. The number of para-hydroxylation sites is 1. The summed E-state index contributed by atoms with van der Waals surface area (Å²) in [5, 5.41) is 8.12. The van der Waals surface area contributed by atoms with E-state index in [-0.39, 0.29) is 0 Å². The van der Waals surface area contributed by atoms with Crippen LogP contribution in [0, 0.1) is 0 Å². The van der Waals surface area contributed by atoms with E-state index in [1.54, 1.807) is 6.33 Å². The molecule has 30 heavy (non-hydrogen) atoms. The van der Waals surface area contributed by atoms with E-state index in [0.29, 0.717) is 0 Å². The van der Waals surface area contributed by atoms with Crippen LogP contribution >= 0.6 is 0 Å². The summed E-state index contributed by atoms with van der Waals surface area (Å²) in [6.45, 7) is 9.06. The topological polar surface area (TPSA) is 59.6 Å². The molecule has 0 amide bonds. The molecule has 0 unspecified atom stereocenters. The van der Waals surface area contributed by atoms with Gasteiger partial charge < -0.3 is 25.3 Å². The number of benzene rings is 2. The van der Waals surface area contributed by atoms with Gasteiger partial charge in [0.25, 0.3) is 0 Å². The molecule has 1 fully saturated rings. The van der Waals surface area contributed by atoms with E-state index in [1.807, 2.05) is 0 Å². The molecule has 0 atom stereocenters. The third kappa shape index (κ3) is 3.50. The Morgan fingerprint density at radius 3 is 2.70 bits per heavy atom. The maximum atomic E-state index is 4.55. The number of fused-ring (bicyclic) bond motifs is 2. The molecular formula is C23H29N7. The molecule has 2 N–H and O–H groups in total. The van der Waals surface area contributed by atoms with Crippen molar-refractivity contribution in [3.05, 3.63) is 48.3 Å². The van der Waals surface area contributed by atoms with Crippen molar-refractivity contribution in [2.45, 2.75) is 13.5 Å². The van der Waals surface area contributed by atoms with Gasteiger partial charge >= 0.3 is 0 Å². The standard InChI is InChI=1S/C23H29N7/c1-3-29-16-27-20-12-18-19(13-22(20)29)25-15-26-23(18)24-14-17-6-4-5-7-21(17)30-10-8-28(2)9-11-30/h4-7,12-13,15,27H,3,8-11,14,16H2,1-2H3,(H,24,25,26). The van der Waals surface area contributed by atoms with Crippen molar-refractivity contribution >= 4 is 33.8 Å². The number of nitrogens with one attached hydrogen (secondary N) is 2. The average Bonchev–Trinajstić information content (AvgIpc) is 3.19. The summed E-state index contributed by atoms with van der Waals surface area (Å²) < 4.78 is 0. The SMILES string of the molecule is CCN1CNc2cc3c(NCc4ccccc4N4CCN(C)CC4)ncnc3cc21. The number of aromatic nitrogens is 2. The van der Waals surface area contributed by atoms with E-state index >= 15 is 0 Å². The molecule has 0 saturated carbocycles. The first kappa shape index (κ1) is 18.9. The molecule has 7 nitrogen and oxygen atoms in total. The van der Waals surface area contributed by atoms with E-state index < -0.39 is 0 Å². The molecule has 0 aliphatic carbocycles. The molecular weight excluding hydrogens is 374 g/mol. The maximum absolute atomic E-state index is 4.55. The average molecular weight is 404 g/mol. The summed E-state index contributed by atoms with van der Waals surface area (Å²) in [4.78, 5) is 16.3. The van der Waals surface area contributed by atoms with Crippen molar-refractivity contribution in [3.63, 3.8) is 0 Å². The fourth-order valence-corrected chi connectivity index (χ4v) is 4.38. The Labute approximate surface area is 177 Å². The van der Waals surface area contributed by atoms with Gasteiger partial charge in [-0.25, -0.2) is 9.97 Å². The van der Waals surface area contributed by atoms with Crippen molar-refractivity contribution in [2.75, 3.05) is 66.9 Å². The zero-order valence-corrected chi connectivity index (χ0v) is 17.7. The van der Waals surface area contributed by atoms with Crippen molar-refractivity contribution in [2.24, 2.45) is 0 Å². The zero-order valence-electron chi connectivity index (χ0n) is 17.7. The van der Waals surface area contributed by atoms with Crippen LogP contribution in [0.15, 0.2) is 42.7 Å². The van der Waals surface area contributed by atoms with Crippen LogP contribution in [-0.2, 0) is 6.54 Å². The van der Waals surface area contributed by atoms with Crippen molar-refractivity contribution in [1.29, 1.82) is 0 Å². The summed E-state index contributed by atoms with van der Waals surface area (Å²) in [6, 6.07) is 13.0. The molecule has 1 aromatic heterocycles. The van der Waals surface area contributed by atoms with Crippen molar-refractivity contribution < 1.29 is 0 Å². The minimum absolute atomic E-state index is 0.736. The lowest BCUT2D eigenvalue weighted by molar-refractivity contribution is 0.312. The molecule has 3 aromatic rings. The van der Waals surface area contributed by atoms with Gasteiger partial charge in [0.2, 0.25) is 0 Å². The number of nitrogens with zero attached hydrogens (tertiary/aromatic N) is 5. The highest BCUT2D eigenvalue weighted by Gasteiger charge is 2.20. The van der Waals surface area contributed by atoms with E-state index in [4.69, 9.17) is 0 Å². The number of piperazine rings is 1. The van der Waals surface area contributed by atoms with Crippen molar-refractivity contribution in [1.82, 2.24) is 14.9 Å². The lowest BCUT2D eigenvalue weighted by atomic mass is 10.1. The predicted molar refractivity (Wildman–Crippen MR) is 125 cm³/mol. The molecule has 1 saturated heterocycles. The van der Waals surface area contributed by atoms with Crippen LogP contribution in [0.1, 0.15) is 12.5 Å². The maximum Gasteiger partial charge on any atom is 0.137 e. The Balaban J connectivity index is 1.40. The predicted octanol–water partition coefficient (Wildman–Crippen LogP) is 3.20. The fraction of sp³-hybridized carbons (Fsp3) is 0.391. The number of likely N-dealkylation sites (N-methyl/N-ethyl adjacent to an activating group) is 1. The molecule has 0 bridgehead atoms. The number of hydrogen-bond acceptors (Lipinski definition) is 7. The van der Waals surface area contributed by atoms with Gasteiger partial charge in [0.05, 0.1) is 23.6 Å². The third-order valence-electron chi connectivity index (χ3n) is 6.22. The minimum Gasteiger partial charge on any atom is -0.369 e. The monoisotopic (exact) mass is 403 g/mol. The number of hydrogen-bond donors (Lipinski definition) is 2. The van der Waals surface area contributed by atoms with Crippen LogP contribution in [-0.4, -0.2) is 61.3 Å². The summed E-state index contributed by atoms with van der Waals surface area (Å²) in [5.74, 6) is 0.882. The largest absolute Gasteiger partial charge is 0.369 e. The molecule has 156 valence electrons. The van der Waals surface area contributed by atoms with E-state index in [1.165, 1.54) is 16.9 Å². The van der Waals surface area contributed by atoms with Gasteiger partial charge in [-0.2, -0.15) is 0 Å². The Hall–Kier alpha value is -3.06. The smallest absolute Gasteiger partial charge is 0.137 e. The molecule has 2 aromatic carbocycles. The van der Waals surface area contributed by atoms with Crippen LogP contribution in [0.5, 0.6) is 0 Å². The highest BCUT2D eigenvalue weighted by molar-refractivity contribution is 5.97. The van der Waals surface area contributed by atoms with Gasteiger partial charge in [-0.05, 0) is 37.7 Å². The molecule has 2 aliphatic heterocycles. The Morgan fingerprint density at radius 1 is 1.03 bits per heavy atom. The van der Waals surface area contributed by atoms with Crippen LogP contribution < -0.4 is 20.4 Å². The van der Waals surface area contributed by atoms with Gasteiger partial charge in [-0.15, -0.1) is 0 Å². The summed E-state index contributed by atoms with van der Waals surface area (Å²) >= 11 is 0. The first-order valence-corrected chi connectivity index (χ1v) is 10.8. The highest BCUT2D eigenvalue weighted by Crippen LogP contribution is 2.36. The van der Waals surface area contributed by atoms with Crippen molar-refractivity contribution in [3.8, 4) is 0 Å². The zero-order chi connectivity index (χ0) is 20.5. The second kappa shape index (κ2) is 7.99. The summed E-state index contributed by atoms with van der Waals surface area (Å²) in [5.41, 5.74) is 5.96. The minimum atomic E-state index is 0.736. The molecule has 7 heteroatoms. The van der Waals surface area contributed by atoms with Crippen LogP contribution in [0.4, 0.5) is 22.9 Å². The van der Waals surface area contributed by atoms with Gasteiger partial charge in [-0.3, -0.25) is 0 Å². The molecule has 0 spiro atoms. The van der Waals surface area contributed by atoms with Gasteiger partial charge in [0.1, 0.15) is 12.1 Å². The summed E-state index contributed by atoms with van der Waals surface area (Å²) in [6.07, 6.45) is 1.65. The summed E-state index contributed by atoms with van der Waals surface area (Å²) in [7, 11) is 2.19. The molecule has 0 radical (unpaired) electrons. The molecule has 2 aliphatic rings. The van der Waals surface area contributed by atoms with Gasteiger partial charge in [0.15, 0.2) is 0 Å². The Bertz CT molecular complexity index is 1040. The first-order chi connectivity index (χ1) is 14.7. The van der Waals surface area contributed by atoms with E-state index in [2.05, 4.69) is 85.7 Å². The van der Waals surface area contributed by atoms with Gasteiger partial charge in [0, 0.05) is 50.3 Å². The number of anilines is 4. The highest BCUT2D eigenvalue weighted by atomic mass is 15.3. The molecule has 5 rings (SSSR count). The first-order valence-electron chi connectivity index (χ1n) is 10.8. The third-order valence-corrected chi connectivity index (χ3v) is 6.22. The quantitative estimate of drug-likeness (QED) is 0.678. The van der Waals surface area contributed by atoms with E-state index in [9.17, 15) is 0 Å². The Morgan fingerprint density at radius 2 is 1.87 bits per heavy atom.